The van der Waals surface area contributed by atoms with Crippen LogP contribution in [-0.4, -0.2) is 45.6 Å². The Hall–Kier alpha value is -1.31. The molecule has 1 aliphatic heterocycles. The van der Waals surface area contributed by atoms with Gasteiger partial charge in [0.05, 0.1) is 28.4 Å². The minimum Gasteiger partial charge on any atom is -0.397 e. The van der Waals surface area contributed by atoms with Gasteiger partial charge in [0.2, 0.25) is 10.0 Å². The molecule has 0 saturated carbocycles. The summed E-state index contributed by atoms with van der Waals surface area (Å²) in [7, 11) is -0.463. The Morgan fingerprint density at radius 1 is 1.40 bits per heavy atom. The van der Waals surface area contributed by atoms with Crippen molar-refractivity contribution in [2.24, 2.45) is 0 Å². The molecule has 3 N–H and O–H groups in total. The second kappa shape index (κ2) is 5.59. The number of nitrogens with one attached hydrogen (secondary N) is 1. The molecule has 0 aliphatic carbocycles. The first-order valence-corrected chi connectivity index (χ1v) is 7.96. The van der Waals surface area contributed by atoms with E-state index in [1.807, 2.05) is 6.92 Å². The van der Waals surface area contributed by atoms with Gasteiger partial charge < -0.3 is 15.8 Å². The smallest absolute Gasteiger partial charge is 0.242 e. The van der Waals surface area contributed by atoms with Crippen molar-refractivity contribution in [1.82, 2.24) is 4.31 Å². The molecule has 1 aromatic carbocycles. The SMILES string of the molecule is CC1OCCC1Nc1ccc(S(=O)(=O)N(C)C)cc1N. The van der Waals surface area contributed by atoms with Gasteiger partial charge in [-0.05, 0) is 31.5 Å². The van der Waals surface area contributed by atoms with Crippen LogP contribution < -0.4 is 11.1 Å². The second-order valence-electron chi connectivity index (χ2n) is 5.15. The van der Waals surface area contributed by atoms with Crippen LogP contribution >= 0.6 is 0 Å². The van der Waals surface area contributed by atoms with Crippen molar-refractivity contribution in [1.29, 1.82) is 0 Å². The number of nitrogen functional groups attached to an aromatic ring is 1. The lowest BCUT2D eigenvalue weighted by Crippen LogP contribution is -2.27. The Kier molecular flexibility index (Phi) is 4.22. The number of nitrogens with zero attached hydrogens (tertiary/aromatic N) is 1. The fourth-order valence-electron chi connectivity index (χ4n) is 2.16. The maximum absolute atomic E-state index is 12.0. The average Bonchev–Trinajstić information content (AvgIpc) is 2.77. The van der Waals surface area contributed by atoms with Gasteiger partial charge in [-0.25, -0.2) is 12.7 Å². The van der Waals surface area contributed by atoms with Gasteiger partial charge in [0, 0.05) is 20.7 Å². The zero-order valence-electron chi connectivity index (χ0n) is 12.0. The summed E-state index contributed by atoms with van der Waals surface area (Å²) in [6.07, 6.45) is 1.04. The van der Waals surface area contributed by atoms with Gasteiger partial charge in [0.1, 0.15) is 0 Å². The molecule has 0 bridgehead atoms. The molecule has 2 atom stereocenters. The van der Waals surface area contributed by atoms with Crippen LogP contribution in [0.15, 0.2) is 23.1 Å². The van der Waals surface area contributed by atoms with E-state index in [0.717, 1.165) is 18.7 Å². The topological polar surface area (TPSA) is 84.7 Å². The highest BCUT2D eigenvalue weighted by Gasteiger charge is 2.25. The summed E-state index contributed by atoms with van der Waals surface area (Å²) < 4.78 is 30.7. The summed E-state index contributed by atoms with van der Waals surface area (Å²) in [5.41, 5.74) is 7.12. The molecule has 1 fully saturated rings. The molecule has 1 heterocycles. The first-order valence-electron chi connectivity index (χ1n) is 6.52. The third kappa shape index (κ3) is 2.89. The number of hydrogen-bond donors (Lipinski definition) is 2. The van der Waals surface area contributed by atoms with E-state index in [4.69, 9.17) is 10.5 Å². The molecule has 112 valence electrons. The highest BCUT2D eigenvalue weighted by molar-refractivity contribution is 7.89. The summed E-state index contributed by atoms with van der Waals surface area (Å²) >= 11 is 0. The van der Waals surface area contributed by atoms with Gasteiger partial charge in [-0.2, -0.15) is 0 Å². The fraction of sp³-hybridized carbons (Fsp3) is 0.538. The Morgan fingerprint density at radius 2 is 2.10 bits per heavy atom. The molecule has 2 rings (SSSR count). The zero-order valence-corrected chi connectivity index (χ0v) is 12.8. The van der Waals surface area contributed by atoms with Crippen LogP contribution in [0.1, 0.15) is 13.3 Å². The Morgan fingerprint density at radius 3 is 2.60 bits per heavy atom. The molecule has 6 nitrogen and oxygen atoms in total. The fourth-order valence-corrected chi connectivity index (χ4v) is 3.10. The average molecular weight is 299 g/mol. The summed E-state index contributed by atoms with van der Waals surface area (Å²) in [6, 6.07) is 4.96. The minimum atomic E-state index is -3.45. The first-order chi connectivity index (χ1) is 9.32. The number of anilines is 2. The van der Waals surface area contributed by atoms with E-state index in [1.54, 1.807) is 12.1 Å². The lowest BCUT2D eigenvalue weighted by atomic mass is 10.1. The van der Waals surface area contributed by atoms with Crippen molar-refractivity contribution in [2.45, 2.75) is 30.4 Å². The normalized spacial score (nSPS) is 23.2. The summed E-state index contributed by atoms with van der Waals surface area (Å²) in [5.74, 6) is 0. The first kappa shape index (κ1) is 15.1. The molecule has 0 amide bonds. The lowest BCUT2D eigenvalue weighted by molar-refractivity contribution is 0.121. The van der Waals surface area contributed by atoms with Gasteiger partial charge in [-0.3, -0.25) is 0 Å². The van der Waals surface area contributed by atoms with Crippen LogP contribution in [0.2, 0.25) is 0 Å². The number of rotatable bonds is 4. The molecule has 0 spiro atoms. The third-order valence-electron chi connectivity index (χ3n) is 3.52. The highest BCUT2D eigenvalue weighted by atomic mass is 32.2. The predicted octanol–water partition coefficient (Wildman–Crippen LogP) is 1.11. The highest BCUT2D eigenvalue weighted by Crippen LogP contribution is 2.27. The molecule has 7 heteroatoms. The molecule has 1 aromatic rings. The van der Waals surface area contributed by atoms with E-state index in [0.29, 0.717) is 5.69 Å². The van der Waals surface area contributed by atoms with Crippen molar-refractivity contribution in [3.63, 3.8) is 0 Å². The van der Waals surface area contributed by atoms with Crippen LogP contribution in [0.4, 0.5) is 11.4 Å². The van der Waals surface area contributed by atoms with E-state index >= 15 is 0 Å². The maximum atomic E-state index is 12.0. The molecular weight excluding hydrogens is 278 g/mol. The van der Waals surface area contributed by atoms with E-state index < -0.39 is 10.0 Å². The quantitative estimate of drug-likeness (QED) is 0.814. The van der Waals surface area contributed by atoms with Crippen molar-refractivity contribution in [2.75, 3.05) is 31.8 Å². The maximum Gasteiger partial charge on any atom is 0.242 e. The molecule has 0 aromatic heterocycles. The third-order valence-corrected chi connectivity index (χ3v) is 5.33. The Labute approximate surface area is 120 Å². The number of benzene rings is 1. The van der Waals surface area contributed by atoms with Crippen LogP contribution in [0.5, 0.6) is 0 Å². The van der Waals surface area contributed by atoms with Crippen LogP contribution in [0.3, 0.4) is 0 Å². The van der Waals surface area contributed by atoms with Gasteiger partial charge in [0.15, 0.2) is 0 Å². The number of sulfonamides is 1. The van der Waals surface area contributed by atoms with Crippen LogP contribution in [0.25, 0.3) is 0 Å². The summed E-state index contributed by atoms with van der Waals surface area (Å²) in [6.45, 7) is 2.73. The molecule has 20 heavy (non-hydrogen) atoms. The standard InChI is InChI=1S/C13H21N3O3S/c1-9-12(6-7-19-9)15-13-5-4-10(8-11(13)14)20(17,18)16(2)3/h4-5,8-9,12,15H,6-7,14H2,1-3H3. The predicted molar refractivity (Wildman–Crippen MR) is 79.2 cm³/mol. The molecule has 1 saturated heterocycles. The Balaban J connectivity index is 2.22. The number of nitrogens with two attached hydrogens (primary N) is 1. The molecule has 1 aliphatic rings. The molecular formula is C13H21N3O3S. The van der Waals surface area contributed by atoms with Crippen molar-refractivity contribution in [3.8, 4) is 0 Å². The van der Waals surface area contributed by atoms with Crippen LogP contribution in [0, 0.1) is 0 Å². The van der Waals surface area contributed by atoms with Gasteiger partial charge in [0.25, 0.3) is 0 Å². The monoisotopic (exact) mass is 299 g/mol. The number of ether oxygens (including phenoxy) is 1. The molecule has 0 radical (unpaired) electrons. The Bertz CT molecular complexity index is 587. The van der Waals surface area contributed by atoms with Crippen molar-refractivity contribution < 1.29 is 13.2 Å². The van der Waals surface area contributed by atoms with Gasteiger partial charge in [-0.15, -0.1) is 0 Å². The minimum absolute atomic E-state index is 0.125. The summed E-state index contributed by atoms with van der Waals surface area (Å²) in [5, 5.41) is 3.31. The largest absolute Gasteiger partial charge is 0.397 e. The van der Waals surface area contributed by atoms with Crippen LogP contribution in [-0.2, 0) is 14.8 Å². The van der Waals surface area contributed by atoms with Crippen molar-refractivity contribution >= 4 is 21.4 Å². The van der Waals surface area contributed by atoms with E-state index in [1.165, 1.54) is 24.5 Å². The van der Waals surface area contributed by atoms with Gasteiger partial charge in [-0.1, -0.05) is 0 Å². The number of hydrogen-bond acceptors (Lipinski definition) is 5. The van der Waals surface area contributed by atoms with E-state index in [-0.39, 0.29) is 17.0 Å². The van der Waals surface area contributed by atoms with Gasteiger partial charge >= 0.3 is 0 Å². The molecule has 2 unspecified atom stereocenters. The van der Waals surface area contributed by atoms with E-state index in [9.17, 15) is 8.42 Å². The van der Waals surface area contributed by atoms with E-state index in [2.05, 4.69) is 5.32 Å². The second-order valence-corrected chi connectivity index (χ2v) is 7.30. The lowest BCUT2D eigenvalue weighted by Gasteiger charge is -2.19. The van der Waals surface area contributed by atoms with Crippen molar-refractivity contribution in [3.05, 3.63) is 18.2 Å². The summed E-state index contributed by atoms with van der Waals surface area (Å²) in [4.78, 5) is 0.196. The zero-order chi connectivity index (χ0) is 14.9.